The molecule has 1 aromatic carbocycles. The number of non-ortho nitro benzene ring substituents is 1. The van der Waals surface area contributed by atoms with Crippen molar-refractivity contribution in [2.24, 2.45) is 5.92 Å². The number of nitro benzene ring substituents is 1. The first-order valence-corrected chi connectivity index (χ1v) is 7.42. The highest BCUT2D eigenvalue weighted by Crippen LogP contribution is 2.30. The van der Waals surface area contributed by atoms with Gasteiger partial charge < -0.3 is 10.1 Å². The lowest BCUT2D eigenvalue weighted by Crippen LogP contribution is -2.30. The van der Waals surface area contributed by atoms with Crippen LogP contribution in [-0.4, -0.2) is 29.6 Å². The summed E-state index contributed by atoms with van der Waals surface area (Å²) >= 11 is 1.43. The van der Waals surface area contributed by atoms with Crippen LogP contribution in [0.25, 0.3) is 10.2 Å². The van der Waals surface area contributed by atoms with Gasteiger partial charge >= 0.3 is 0 Å². The summed E-state index contributed by atoms with van der Waals surface area (Å²) in [7, 11) is 0. The van der Waals surface area contributed by atoms with Crippen LogP contribution in [0.2, 0.25) is 0 Å². The summed E-state index contributed by atoms with van der Waals surface area (Å²) in [6.07, 6.45) is 2.24. The lowest BCUT2D eigenvalue weighted by Gasteiger charge is -2.21. The van der Waals surface area contributed by atoms with Crippen molar-refractivity contribution in [2.45, 2.75) is 12.8 Å². The Morgan fingerprint density at radius 2 is 2.19 bits per heavy atom. The quantitative estimate of drug-likeness (QED) is 0.689. The second-order valence-electron chi connectivity index (χ2n) is 4.89. The van der Waals surface area contributed by atoms with E-state index in [1.165, 1.54) is 23.5 Å². The highest BCUT2D eigenvalue weighted by molar-refractivity contribution is 7.20. The molecule has 0 aliphatic carbocycles. The molecule has 0 radical (unpaired) electrons. The number of rotatable bonds is 4. The van der Waals surface area contributed by atoms with Gasteiger partial charge in [-0.05, 0) is 37.9 Å². The molecule has 0 amide bonds. The maximum absolute atomic E-state index is 10.7. The molecule has 0 unspecified atom stereocenters. The standard InChI is InChI=1S/C13H15N3O3S.ClH/c17-16(18)10-1-2-12-11(7-10)15-13(20-12)19-8-9-3-5-14-6-4-9;/h1-2,7,9,14H,3-6,8H2;1H. The highest BCUT2D eigenvalue weighted by atomic mass is 35.5. The Kier molecular flexibility index (Phi) is 5.33. The zero-order chi connectivity index (χ0) is 13.9. The third-order valence-corrected chi connectivity index (χ3v) is 4.41. The van der Waals surface area contributed by atoms with E-state index in [-0.39, 0.29) is 18.1 Å². The van der Waals surface area contributed by atoms with Crippen LogP contribution in [0.3, 0.4) is 0 Å². The Morgan fingerprint density at radius 1 is 1.43 bits per heavy atom. The van der Waals surface area contributed by atoms with Crippen LogP contribution in [-0.2, 0) is 0 Å². The van der Waals surface area contributed by atoms with Crippen LogP contribution in [0, 0.1) is 16.0 Å². The van der Waals surface area contributed by atoms with E-state index in [4.69, 9.17) is 4.74 Å². The molecular weight excluding hydrogens is 314 g/mol. The second-order valence-corrected chi connectivity index (χ2v) is 5.89. The van der Waals surface area contributed by atoms with Crippen molar-refractivity contribution in [2.75, 3.05) is 19.7 Å². The molecule has 0 saturated carbocycles. The van der Waals surface area contributed by atoms with Crippen LogP contribution in [0.5, 0.6) is 5.19 Å². The molecule has 1 N–H and O–H groups in total. The van der Waals surface area contributed by atoms with Crippen LogP contribution in [0.1, 0.15) is 12.8 Å². The van der Waals surface area contributed by atoms with Crippen LogP contribution < -0.4 is 10.1 Å². The van der Waals surface area contributed by atoms with E-state index < -0.39 is 4.92 Å². The Labute approximate surface area is 132 Å². The van der Waals surface area contributed by atoms with Crippen LogP contribution in [0.4, 0.5) is 5.69 Å². The number of nitrogens with zero attached hydrogens (tertiary/aromatic N) is 2. The van der Waals surface area contributed by atoms with Gasteiger partial charge in [-0.15, -0.1) is 12.4 Å². The summed E-state index contributed by atoms with van der Waals surface area (Å²) in [5.74, 6) is 0.567. The van der Waals surface area contributed by atoms with Crippen molar-refractivity contribution in [3.63, 3.8) is 0 Å². The third-order valence-electron chi connectivity index (χ3n) is 3.46. The molecule has 1 aromatic heterocycles. The average molecular weight is 330 g/mol. The normalized spacial score (nSPS) is 15.6. The Hall–Kier alpha value is -1.44. The van der Waals surface area contributed by atoms with Crippen LogP contribution in [0.15, 0.2) is 18.2 Å². The second kappa shape index (κ2) is 7.02. The van der Waals surface area contributed by atoms with Gasteiger partial charge in [0.2, 0.25) is 0 Å². The van der Waals surface area contributed by atoms with Crippen molar-refractivity contribution in [3.8, 4) is 5.19 Å². The highest BCUT2D eigenvalue weighted by Gasteiger charge is 2.15. The zero-order valence-electron chi connectivity index (χ0n) is 11.3. The van der Waals surface area contributed by atoms with Crippen molar-refractivity contribution in [3.05, 3.63) is 28.3 Å². The predicted octanol–water partition coefficient (Wildman–Crippen LogP) is 3.00. The number of benzene rings is 1. The van der Waals surface area contributed by atoms with Gasteiger partial charge in [0.25, 0.3) is 10.9 Å². The summed E-state index contributed by atoms with van der Waals surface area (Å²) < 4.78 is 6.65. The Bertz CT molecular complexity index is 628. The van der Waals surface area contributed by atoms with E-state index in [1.54, 1.807) is 6.07 Å². The number of aromatic nitrogens is 1. The van der Waals surface area contributed by atoms with Gasteiger partial charge in [0.1, 0.15) is 0 Å². The van der Waals surface area contributed by atoms with Crippen molar-refractivity contribution >= 4 is 39.6 Å². The van der Waals surface area contributed by atoms with E-state index in [2.05, 4.69) is 10.3 Å². The van der Waals surface area contributed by atoms with Gasteiger partial charge in [0, 0.05) is 12.1 Å². The van der Waals surface area contributed by atoms with Gasteiger partial charge in [-0.1, -0.05) is 11.3 Å². The fraction of sp³-hybridized carbons (Fsp3) is 0.462. The molecule has 0 spiro atoms. The van der Waals surface area contributed by atoms with E-state index in [0.29, 0.717) is 23.2 Å². The predicted molar refractivity (Wildman–Crippen MR) is 84.6 cm³/mol. The molecule has 1 saturated heterocycles. The van der Waals surface area contributed by atoms with Crippen LogP contribution >= 0.6 is 23.7 Å². The molecule has 3 rings (SSSR count). The lowest BCUT2D eigenvalue weighted by molar-refractivity contribution is -0.384. The molecule has 8 heteroatoms. The summed E-state index contributed by atoms with van der Waals surface area (Å²) in [5.41, 5.74) is 0.692. The largest absolute Gasteiger partial charge is 0.470 e. The minimum atomic E-state index is -0.408. The number of hydrogen-bond acceptors (Lipinski definition) is 6. The van der Waals surface area contributed by atoms with Gasteiger partial charge in [0.05, 0.1) is 21.7 Å². The fourth-order valence-electron chi connectivity index (χ4n) is 2.31. The zero-order valence-corrected chi connectivity index (χ0v) is 12.9. The molecule has 6 nitrogen and oxygen atoms in total. The maximum atomic E-state index is 10.7. The maximum Gasteiger partial charge on any atom is 0.274 e. The van der Waals surface area contributed by atoms with E-state index in [0.717, 1.165) is 30.6 Å². The van der Waals surface area contributed by atoms with E-state index >= 15 is 0 Å². The fourth-order valence-corrected chi connectivity index (χ4v) is 3.11. The number of ether oxygens (including phenoxy) is 1. The van der Waals surface area contributed by atoms with Crippen molar-refractivity contribution < 1.29 is 9.66 Å². The molecule has 114 valence electrons. The van der Waals surface area contributed by atoms with Gasteiger partial charge in [-0.3, -0.25) is 10.1 Å². The number of halogens is 1. The summed E-state index contributed by atoms with van der Waals surface area (Å²) in [6, 6.07) is 4.71. The monoisotopic (exact) mass is 329 g/mol. The average Bonchev–Trinajstić information content (AvgIpc) is 2.88. The molecule has 1 aliphatic heterocycles. The Morgan fingerprint density at radius 3 is 2.90 bits per heavy atom. The first-order valence-electron chi connectivity index (χ1n) is 6.61. The number of fused-ring (bicyclic) bond motifs is 1. The first kappa shape index (κ1) is 15.9. The van der Waals surface area contributed by atoms with Gasteiger partial charge in [0.15, 0.2) is 0 Å². The van der Waals surface area contributed by atoms with Crippen molar-refractivity contribution in [1.29, 1.82) is 0 Å². The molecule has 2 aromatic rings. The number of nitro groups is 1. The van der Waals surface area contributed by atoms with Gasteiger partial charge in [-0.2, -0.15) is 0 Å². The molecular formula is C13H16ClN3O3S. The minimum absolute atomic E-state index is 0. The molecule has 2 heterocycles. The van der Waals surface area contributed by atoms with Gasteiger partial charge in [-0.25, -0.2) is 4.98 Å². The molecule has 21 heavy (non-hydrogen) atoms. The number of nitrogens with one attached hydrogen (secondary N) is 1. The lowest BCUT2D eigenvalue weighted by atomic mass is 9.99. The van der Waals surface area contributed by atoms with Crippen molar-refractivity contribution in [1.82, 2.24) is 10.3 Å². The smallest absolute Gasteiger partial charge is 0.274 e. The number of hydrogen-bond donors (Lipinski definition) is 1. The molecule has 1 aliphatic rings. The molecule has 0 atom stereocenters. The summed E-state index contributed by atoms with van der Waals surface area (Å²) in [6.45, 7) is 2.75. The first-order chi connectivity index (χ1) is 9.72. The molecule has 1 fully saturated rings. The number of piperidine rings is 1. The topological polar surface area (TPSA) is 77.3 Å². The third kappa shape index (κ3) is 3.81. The summed E-state index contributed by atoms with van der Waals surface area (Å²) in [4.78, 5) is 14.6. The Balaban J connectivity index is 0.00000161. The van der Waals surface area contributed by atoms with E-state index in [9.17, 15) is 10.1 Å². The summed E-state index contributed by atoms with van der Waals surface area (Å²) in [5, 5.41) is 14.6. The van der Waals surface area contributed by atoms with E-state index in [1.807, 2.05) is 0 Å². The number of thiazole rings is 1. The molecule has 0 bridgehead atoms. The SMILES string of the molecule is Cl.O=[N+]([O-])c1ccc2sc(OCC3CCNCC3)nc2c1. The minimum Gasteiger partial charge on any atom is -0.470 e.